The monoisotopic (exact) mass is 138 g/mol. The van der Waals surface area contributed by atoms with E-state index in [0.717, 1.165) is 4.52 Å². The molecule has 2 N–H and O–H groups in total. The highest BCUT2D eigenvalue weighted by Crippen LogP contribution is 2.06. The van der Waals surface area contributed by atoms with Gasteiger partial charge in [-0.3, -0.25) is 0 Å². The number of nitrogens with two attached hydrogens (primary N) is 1. The Bertz CT molecular complexity index is 520. The standard InChI is InChI=1S/C6H6N4/c7-6-5-2-1-3-10(5)9-4-8-6/h1-4H,(H2,7,8,9)/i1D,2D,3D,4D. The van der Waals surface area contributed by atoms with Crippen LogP contribution in [0.1, 0.15) is 5.48 Å². The smallest absolute Gasteiger partial charge is 0.151 e. The zero-order valence-electron chi connectivity index (χ0n) is 8.92. The molecule has 2 rings (SSSR count). The summed E-state index contributed by atoms with van der Waals surface area (Å²) in [5.41, 5.74) is 5.57. The number of hydrogen-bond acceptors (Lipinski definition) is 3. The Hall–Kier alpha value is -1.58. The summed E-state index contributed by atoms with van der Waals surface area (Å²) < 4.78 is 30.4. The van der Waals surface area contributed by atoms with E-state index in [2.05, 4.69) is 10.1 Å². The van der Waals surface area contributed by atoms with Crippen LogP contribution in [0.15, 0.2) is 24.6 Å². The van der Waals surface area contributed by atoms with E-state index in [9.17, 15) is 0 Å². The van der Waals surface area contributed by atoms with Gasteiger partial charge in [-0.25, -0.2) is 9.50 Å². The van der Waals surface area contributed by atoms with E-state index in [-0.39, 0.29) is 35.9 Å². The first-order valence-electron chi connectivity index (χ1n) is 4.61. The summed E-state index contributed by atoms with van der Waals surface area (Å²) in [6.07, 6.45) is -0.592. The van der Waals surface area contributed by atoms with Crippen LogP contribution < -0.4 is 5.73 Å². The second kappa shape index (κ2) is 1.70. The highest BCUT2D eigenvalue weighted by molar-refractivity contribution is 5.63. The number of aromatic nitrogens is 3. The Balaban J connectivity index is 3.02. The molecule has 0 aliphatic rings. The molecule has 4 heteroatoms. The molecule has 0 bridgehead atoms. The third-order valence-electron chi connectivity index (χ3n) is 1.11. The minimum atomic E-state index is -0.335. The molecule has 0 radical (unpaired) electrons. The lowest BCUT2D eigenvalue weighted by molar-refractivity contribution is 0.908. The molecule has 4 nitrogen and oxygen atoms in total. The van der Waals surface area contributed by atoms with Crippen LogP contribution in [-0.2, 0) is 0 Å². The van der Waals surface area contributed by atoms with Crippen molar-refractivity contribution in [2.24, 2.45) is 0 Å². The average molecular weight is 138 g/mol. The van der Waals surface area contributed by atoms with Crippen LogP contribution in [0.3, 0.4) is 0 Å². The van der Waals surface area contributed by atoms with Gasteiger partial charge in [0.2, 0.25) is 0 Å². The molecule has 2 aromatic heterocycles. The quantitative estimate of drug-likeness (QED) is 0.570. The first-order valence-corrected chi connectivity index (χ1v) is 2.61. The minimum Gasteiger partial charge on any atom is -0.382 e. The summed E-state index contributed by atoms with van der Waals surface area (Å²) in [5, 5.41) is 3.58. The zero-order valence-corrected chi connectivity index (χ0v) is 4.92. The van der Waals surface area contributed by atoms with Crippen LogP contribution in [0.5, 0.6) is 0 Å². The van der Waals surface area contributed by atoms with Crippen LogP contribution in [0, 0.1) is 0 Å². The van der Waals surface area contributed by atoms with Gasteiger partial charge in [0, 0.05) is 6.17 Å². The van der Waals surface area contributed by atoms with E-state index in [1.807, 2.05) is 0 Å². The second-order valence-electron chi connectivity index (χ2n) is 1.72. The molecule has 0 atom stereocenters. The van der Waals surface area contributed by atoms with Crippen molar-refractivity contribution >= 4 is 11.3 Å². The van der Waals surface area contributed by atoms with E-state index in [4.69, 9.17) is 11.2 Å². The summed E-state index contributed by atoms with van der Waals surface area (Å²) in [6.45, 7) is 0. The summed E-state index contributed by atoms with van der Waals surface area (Å²) in [7, 11) is 0. The van der Waals surface area contributed by atoms with Crippen molar-refractivity contribution in [3.05, 3.63) is 24.6 Å². The highest BCUT2D eigenvalue weighted by atomic mass is 15.2. The maximum absolute atomic E-state index is 7.47. The van der Waals surface area contributed by atoms with Gasteiger partial charge in [-0.05, 0) is 12.1 Å². The number of nitrogens with zero attached hydrogens (tertiary/aromatic N) is 3. The number of fused-ring (bicyclic) bond motifs is 1. The molecule has 0 unspecified atom stereocenters. The second-order valence-corrected chi connectivity index (χ2v) is 1.72. The van der Waals surface area contributed by atoms with E-state index in [1.54, 1.807) is 0 Å². The molecule has 10 heavy (non-hydrogen) atoms. The molecular weight excluding hydrogens is 128 g/mol. The topological polar surface area (TPSA) is 56.2 Å². The van der Waals surface area contributed by atoms with Crippen LogP contribution >= 0.6 is 0 Å². The first kappa shape index (κ1) is 2.57. The van der Waals surface area contributed by atoms with E-state index >= 15 is 0 Å². The zero-order chi connectivity index (χ0) is 10.5. The van der Waals surface area contributed by atoms with Crippen molar-refractivity contribution in [3.8, 4) is 0 Å². The Kier molecular flexibility index (Phi) is 0.437. The van der Waals surface area contributed by atoms with Gasteiger partial charge in [0.15, 0.2) is 5.82 Å². The molecule has 0 saturated carbocycles. The van der Waals surface area contributed by atoms with E-state index in [1.165, 1.54) is 0 Å². The van der Waals surface area contributed by atoms with Gasteiger partial charge >= 0.3 is 0 Å². The molecule has 0 amide bonds. The van der Waals surface area contributed by atoms with E-state index in [0.29, 0.717) is 0 Å². The molecule has 0 aromatic carbocycles. The van der Waals surface area contributed by atoms with Gasteiger partial charge < -0.3 is 5.73 Å². The highest BCUT2D eigenvalue weighted by Gasteiger charge is 1.95. The molecule has 50 valence electrons. The van der Waals surface area contributed by atoms with Gasteiger partial charge in [-0.15, -0.1) is 0 Å². The van der Waals surface area contributed by atoms with Crippen molar-refractivity contribution < 1.29 is 5.48 Å². The van der Waals surface area contributed by atoms with Crippen LogP contribution in [0.25, 0.3) is 5.52 Å². The molecule has 2 heterocycles. The van der Waals surface area contributed by atoms with Crippen LogP contribution in [0.2, 0.25) is 0 Å². The molecule has 0 spiro atoms. The molecule has 0 aliphatic carbocycles. The maximum Gasteiger partial charge on any atom is 0.151 e. The predicted molar refractivity (Wildman–Crippen MR) is 37.4 cm³/mol. The maximum atomic E-state index is 7.47. The largest absolute Gasteiger partial charge is 0.382 e. The Morgan fingerprint density at radius 3 is 3.50 bits per heavy atom. The summed E-state index contributed by atoms with van der Waals surface area (Å²) in [5.74, 6) is -0.0537. The number of anilines is 1. The average Bonchev–Trinajstić information content (AvgIpc) is 2.31. The third kappa shape index (κ3) is 0.556. The van der Waals surface area contributed by atoms with Crippen LogP contribution in [-0.4, -0.2) is 14.6 Å². The van der Waals surface area contributed by atoms with Gasteiger partial charge in [-0.2, -0.15) is 5.10 Å². The summed E-state index contributed by atoms with van der Waals surface area (Å²) in [6, 6.07) is -0.455. The fourth-order valence-electron chi connectivity index (χ4n) is 0.670. The van der Waals surface area contributed by atoms with Crippen molar-refractivity contribution in [1.82, 2.24) is 14.6 Å². The van der Waals surface area contributed by atoms with Gasteiger partial charge in [0.1, 0.15) is 13.2 Å². The van der Waals surface area contributed by atoms with Gasteiger partial charge in [0.25, 0.3) is 0 Å². The molecular formula is C6H6N4. The van der Waals surface area contributed by atoms with Gasteiger partial charge in [-0.1, -0.05) is 0 Å². The Morgan fingerprint density at radius 1 is 1.70 bits per heavy atom. The number of nitrogen functional groups attached to an aromatic ring is 1. The lowest BCUT2D eigenvalue weighted by Gasteiger charge is -1.93. The Labute approximate surface area is 62.9 Å². The minimum absolute atomic E-state index is 0.0537. The van der Waals surface area contributed by atoms with Crippen molar-refractivity contribution in [2.75, 3.05) is 5.73 Å². The normalized spacial score (nSPS) is 16.0. The van der Waals surface area contributed by atoms with Crippen LogP contribution in [0.4, 0.5) is 5.82 Å². The SMILES string of the molecule is [2H]c1nc(N)c2c([2H])c([2H])c([2H])n2n1. The molecule has 0 saturated heterocycles. The van der Waals surface area contributed by atoms with Crippen molar-refractivity contribution in [3.63, 3.8) is 0 Å². The summed E-state index contributed by atoms with van der Waals surface area (Å²) in [4.78, 5) is 3.54. The van der Waals surface area contributed by atoms with Crippen molar-refractivity contribution in [1.29, 1.82) is 0 Å². The fraction of sp³-hybridized carbons (Fsp3) is 0. The lowest BCUT2D eigenvalue weighted by atomic mass is 10.5. The Morgan fingerprint density at radius 2 is 2.60 bits per heavy atom. The van der Waals surface area contributed by atoms with Gasteiger partial charge in [0.05, 0.1) is 4.11 Å². The molecule has 2 aromatic rings. The number of hydrogen-bond donors (Lipinski definition) is 1. The molecule has 0 fully saturated rings. The number of rotatable bonds is 0. The lowest BCUT2D eigenvalue weighted by Crippen LogP contribution is -1.96. The molecule has 0 aliphatic heterocycles. The first-order chi connectivity index (χ1) is 6.52. The van der Waals surface area contributed by atoms with Crippen molar-refractivity contribution in [2.45, 2.75) is 0 Å². The summed E-state index contributed by atoms with van der Waals surface area (Å²) >= 11 is 0. The fourth-order valence-corrected chi connectivity index (χ4v) is 0.670. The van der Waals surface area contributed by atoms with E-state index < -0.39 is 0 Å². The predicted octanol–water partition coefficient (Wildman–Crippen LogP) is 0.311. The third-order valence-corrected chi connectivity index (χ3v) is 1.11.